The third-order valence-corrected chi connectivity index (χ3v) is 9.50. The van der Waals surface area contributed by atoms with E-state index in [9.17, 15) is 14.4 Å². The van der Waals surface area contributed by atoms with Gasteiger partial charge < -0.3 is 20.1 Å². The van der Waals surface area contributed by atoms with E-state index < -0.39 is 17.9 Å². The summed E-state index contributed by atoms with van der Waals surface area (Å²) >= 11 is 18.9. The van der Waals surface area contributed by atoms with Crippen LogP contribution >= 0.6 is 34.8 Å². The van der Waals surface area contributed by atoms with Gasteiger partial charge in [0, 0.05) is 16.4 Å². The smallest absolute Gasteiger partial charge is 0.280 e. The molecule has 1 unspecified atom stereocenters. The fraction of sp³-hybridized carbons (Fsp3) is 0.317. The molecule has 2 N–H and O–H groups in total. The van der Waals surface area contributed by atoms with Crippen molar-refractivity contribution in [2.45, 2.75) is 71.3 Å². The molecular formula is C41H43Cl3N6O5. The molecule has 0 radical (unpaired) electrons. The van der Waals surface area contributed by atoms with E-state index in [0.717, 1.165) is 49.1 Å². The number of methoxy groups -OCH3 is 1. The molecule has 288 valence electrons. The summed E-state index contributed by atoms with van der Waals surface area (Å²) in [7, 11) is 1.54. The normalized spacial score (nSPS) is 13.9. The molecule has 1 heterocycles. The average Bonchev–Trinajstić information content (AvgIpc) is 3.48. The first-order valence-electron chi connectivity index (χ1n) is 18.2. The van der Waals surface area contributed by atoms with Crippen LogP contribution in [0.5, 0.6) is 11.5 Å². The lowest BCUT2D eigenvalue weighted by Crippen LogP contribution is -2.35. The number of benzene rings is 4. The van der Waals surface area contributed by atoms with Gasteiger partial charge in [0.2, 0.25) is 6.04 Å². The summed E-state index contributed by atoms with van der Waals surface area (Å²) in [5.74, 6) is -0.513. The molecule has 14 heteroatoms. The minimum absolute atomic E-state index is 0.0353. The predicted molar refractivity (Wildman–Crippen MR) is 220 cm³/mol. The van der Waals surface area contributed by atoms with Crippen molar-refractivity contribution in [2.24, 2.45) is 15.3 Å². The van der Waals surface area contributed by atoms with Crippen molar-refractivity contribution in [1.29, 1.82) is 0 Å². The number of nitrogens with one attached hydrogen (secondary N) is 2. The molecule has 4 aromatic carbocycles. The highest BCUT2D eigenvalue weighted by molar-refractivity contribution is 6.51. The van der Waals surface area contributed by atoms with Crippen LogP contribution < -0.4 is 25.1 Å². The monoisotopic (exact) mass is 804 g/mol. The lowest BCUT2D eigenvalue weighted by molar-refractivity contribution is -0.119. The topological polar surface area (TPSA) is 134 Å². The number of aryl methyl sites for hydroxylation is 2. The van der Waals surface area contributed by atoms with Crippen LogP contribution in [-0.2, 0) is 27.2 Å². The number of ether oxygens (including phenoxy) is 2. The molecule has 0 saturated carbocycles. The van der Waals surface area contributed by atoms with Crippen LogP contribution in [0.2, 0.25) is 15.1 Å². The lowest BCUT2D eigenvalue weighted by Gasteiger charge is -2.16. The van der Waals surface area contributed by atoms with E-state index >= 15 is 0 Å². The van der Waals surface area contributed by atoms with E-state index in [4.69, 9.17) is 44.3 Å². The maximum absolute atomic E-state index is 13.7. The van der Waals surface area contributed by atoms with E-state index in [1.807, 2.05) is 6.07 Å². The zero-order valence-corrected chi connectivity index (χ0v) is 33.2. The predicted octanol–water partition coefficient (Wildman–Crippen LogP) is 10.6. The van der Waals surface area contributed by atoms with Gasteiger partial charge in [-0.3, -0.25) is 14.4 Å². The van der Waals surface area contributed by atoms with Crippen LogP contribution in [0.15, 0.2) is 94.2 Å². The highest BCUT2D eigenvalue weighted by Gasteiger charge is 2.42. The quantitative estimate of drug-likeness (QED) is 0.0763. The van der Waals surface area contributed by atoms with Crippen molar-refractivity contribution in [3.63, 3.8) is 0 Å². The maximum atomic E-state index is 13.7. The third kappa shape index (κ3) is 11.3. The van der Waals surface area contributed by atoms with Gasteiger partial charge in [-0.05, 0) is 97.5 Å². The van der Waals surface area contributed by atoms with Gasteiger partial charge in [-0.25, -0.2) is 0 Å². The summed E-state index contributed by atoms with van der Waals surface area (Å²) in [6.45, 7) is 4.17. The van der Waals surface area contributed by atoms with Gasteiger partial charge in [0.15, 0.2) is 12.3 Å². The summed E-state index contributed by atoms with van der Waals surface area (Å²) in [6.07, 6.45) is 8.67. The highest BCUT2D eigenvalue weighted by Crippen LogP contribution is 2.39. The Hall–Kier alpha value is -4.97. The fourth-order valence-electron chi connectivity index (χ4n) is 5.87. The Morgan fingerprint density at radius 2 is 1.51 bits per heavy atom. The van der Waals surface area contributed by atoms with Crippen LogP contribution in [0.1, 0.15) is 63.5 Å². The molecule has 0 fully saturated rings. The van der Waals surface area contributed by atoms with E-state index in [1.165, 1.54) is 37.6 Å². The number of hydrogen-bond acceptors (Lipinski definition) is 8. The van der Waals surface area contributed by atoms with Crippen LogP contribution in [0.3, 0.4) is 0 Å². The van der Waals surface area contributed by atoms with Gasteiger partial charge in [0.05, 0.1) is 22.8 Å². The molecule has 55 heavy (non-hydrogen) atoms. The first kappa shape index (κ1) is 41.2. The van der Waals surface area contributed by atoms with Gasteiger partial charge in [-0.2, -0.15) is 20.3 Å². The molecule has 1 aliphatic heterocycles. The zero-order chi connectivity index (χ0) is 39.3. The number of carbonyl (C=O) groups excluding carboxylic acids is 3. The second-order valence-electron chi connectivity index (χ2n) is 12.9. The number of hydrogen-bond donors (Lipinski definition) is 2. The van der Waals surface area contributed by atoms with Gasteiger partial charge in [-0.15, -0.1) is 0 Å². The summed E-state index contributed by atoms with van der Waals surface area (Å²) in [4.78, 5) is 40.5. The summed E-state index contributed by atoms with van der Waals surface area (Å²) in [6, 6.07) is 20.8. The fourth-order valence-corrected chi connectivity index (χ4v) is 6.84. The number of carbonyl (C=O) groups is 3. The lowest BCUT2D eigenvalue weighted by atomic mass is 10.0. The molecule has 3 amide bonds. The van der Waals surface area contributed by atoms with Crippen molar-refractivity contribution in [3.8, 4) is 11.5 Å². The zero-order valence-electron chi connectivity index (χ0n) is 30.9. The average molecular weight is 806 g/mol. The number of halogens is 3. The van der Waals surface area contributed by atoms with Crippen LogP contribution in [-0.4, -0.2) is 43.2 Å². The first-order chi connectivity index (χ1) is 26.6. The number of amides is 3. The maximum Gasteiger partial charge on any atom is 0.280 e. The number of nitrogens with zero attached hydrogens (tertiary/aromatic N) is 4. The third-order valence-electron chi connectivity index (χ3n) is 8.70. The Morgan fingerprint density at radius 1 is 0.836 bits per heavy atom. The number of hydrazone groups is 1. The van der Waals surface area contributed by atoms with Crippen molar-refractivity contribution in [2.75, 3.05) is 29.4 Å². The molecule has 5 rings (SSSR count). The minimum Gasteiger partial charge on any atom is -0.497 e. The molecule has 4 aromatic rings. The molecule has 0 aliphatic carbocycles. The number of anilines is 3. The van der Waals surface area contributed by atoms with Crippen molar-refractivity contribution in [1.82, 2.24) is 0 Å². The number of unbranched alkanes of at least 4 members (excludes halogenated alkanes) is 4. The minimum atomic E-state index is -1.44. The molecule has 0 saturated heterocycles. The molecule has 1 atom stereocenters. The van der Waals surface area contributed by atoms with Crippen LogP contribution in [0.4, 0.5) is 22.7 Å². The van der Waals surface area contributed by atoms with Gasteiger partial charge in [0.25, 0.3) is 17.7 Å². The van der Waals surface area contributed by atoms with Crippen molar-refractivity contribution >= 4 is 81.0 Å². The molecular weight excluding hydrogens is 763 g/mol. The Bertz CT molecular complexity index is 2030. The Labute approximate surface area is 336 Å². The van der Waals surface area contributed by atoms with Gasteiger partial charge in [0.1, 0.15) is 17.2 Å². The van der Waals surface area contributed by atoms with E-state index in [1.54, 1.807) is 48.5 Å². The van der Waals surface area contributed by atoms with Crippen LogP contribution in [0, 0.1) is 0 Å². The summed E-state index contributed by atoms with van der Waals surface area (Å²) in [5, 5.41) is 19.5. The SMILES string of the molecule is CCCCCc1ccc(OCC(=O)Nc2cccc(NC(=O)C3=NN(c4c(Cl)cc(Cl)cc4Cl)C(=O)C3N=Nc3ccc(OC)cc3)c2)c(CCCCC)c1. The van der Waals surface area contributed by atoms with Gasteiger partial charge >= 0.3 is 0 Å². The Kier molecular flexibility index (Phi) is 15.1. The summed E-state index contributed by atoms with van der Waals surface area (Å²) < 4.78 is 11.2. The molecule has 0 aromatic heterocycles. The molecule has 0 bridgehead atoms. The molecule has 0 spiro atoms. The number of rotatable bonds is 18. The summed E-state index contributed by atoms with van der Waals surface area (Å²) in [5.41, 5.74) is 3.31. The largest absolute Gasteiger partial charge is 0.497 e. The van der Waals surface area contributed by atoms with Crippen molar-refractivity contribution < 1.29 is 23.9 Å². The van der Waals surface area contributed by atoms with E-state index in [-0.39, 0.29) is 39.0 Å². The number of azo groups is 1. The van der Waals surface area contributed by atoms with E-state index in [0.29, 0.717) is 28.6 Å². The highest BCUT2D eigenvalue weighted by atomic mass is 35.5. The van der Waals surface area contributed by atoms with Crippen molar-refractivity contribution in [3.05, 3.63) is 105 Å². The first-order valence-corrected chi connectivity index (χ1v) is 19.3. The Balaban J connectivity index is 1.29. The second kappa shape index (κ2) is 20.1. The Morgan fingerprint density at radius 3 is 2.18 bits per heavy atom. The standard InChI is InChI=1S/C41H43Cl3N6O5/c1-4-6-8-11-26-15-20-35(27(21-26)12-9-7-5-2)55-25-36(51)45-30-13-10-14-31(24-30)46-40(52)37-38(48-47-29-16-18-32(54-3)19-17-29)41(53)50(49-37)39-33(43)22-28(42)23-34(39)44/h10,13-24,38H,4-9,11-12,25H2,1-3H3,(H,45,51)(H,46,52). The molecule has 11 nitrogen and oxygen atoms in total. The second-order valence-corrected chi connectivity index (χ2v) is 14.1. The van der Waals surface area contributed by atoms with Gasteiger partial charge in [-0.1, -0.05) is 92.5 Å². The molecule has 1 aliphatic rings. The van der Waals surface area contributed by atoms with Crippen LogP contribution in [0.25, 0.3) is 0 Å². The van der Waals surface area contributed by atoms with E-state index in [2.05, 4.69) is 51.9 Å².